The lowest BCUT2D eigenvalue weighted by Gasteiger charge is -2.01. The summed E-state index contributed by atoms with van der Waals surface area (Å²) in [6.45, 7) is 1.89. The van der Waals surface area contributed by atoms with Crippen LogP contribution in [0.4, 0.5) is 5.82 Å². The number of hydrogen-bond acceptors (Lipinski definition) is 4. The van der Waals surface area contributed by atoms with E-state index in [2.05, 4.69) is 15.0 Å². The monoisotopic (exact) mass is 186 g/mol. The van der Waals surface area contributed by atoms with Crippen molar-refractivity contribution in [2.75, 3.05) is 5.73 Å². The third-order valence-electron chi connectivity index (χ3n) is 1.79. The van der Waals surface area contributed by atoms with Crippen LogP contribution >= 0.6 is 0 Å². The van der Waals surface area contributed by atoms with Gasteiger partial charge in [-0.3, -0.25) is 4.98 Å². The van der Waals surface area contributed by atoms with Crippen LogP contribution in [-0.4, -0.2) is 15.0 Å². The van der Waals surface area contributed by atoms with E-state index in [1.165, 1.54) is 0 Å². The van der Waals surface area contributed by atoms with Gasteiger partial charge in [0.15, 0.2) is 5.82 Å². The Morgan fingerprint density at radius 2 is 2.14 bits per heavy atom. The number of aryl methyl sites for hydroxylation is 1. The molecule has 2 rings (SSSR count). The van der Waals surface area contributed by atoms with Crippen molar-refractivity contribution >= 4 is 5.82 Å². The molecule has 0 saturated carbocycles. The maximum absolute atomic E-state index is 5.63. The summed E-state index contributed by atoms with van der Waals surface area (Å²) < 4.78 is 0. The molecule has 0 aromatic carbocycles. The highest BCUT2D eigenvalue weighted by Gasteiger charge is 2.02. The van der Waals surface area contributed by atoms with Gasteiger partial charge in [0.2, 0.25) is 0 Å². The average Bonchev–Trinajstić information content (AvgIpc) is 2.18. The Kier molecular flexibility index (Phi) is 2.10. The Morgan fingerprint density at radius 1 is 1.29 bits per heavy atom. The minimum absolute atomic E-state index is 0.483. The molecule has 0 amide bonds. The molecule has 2 N–H and O–H groups in total. The van der Waals surface area contributed by atoms with Gasteiger partial charge in [0.05, 0.1) is 0 Å². The summed E-state index contributed by atoms with van der Waals surface area (Å²) in [5.74, 6) is 1.10. The van der Waals surface area contributed by atoms with E-state index in [4.69, 9.17) is 5.73 Å². The first-order chi connectivity index (χ1) is 6.75. The second-order valence-corrected chi connectivity index (χ2v) is 3.00. The number of pyridine rings is 1. The van der Waals surface area contributed by atoms with Gasteiger partial charge in [-0.25, -0.2) is 9.97 Å². The second-order valence-electron chi connectivity index (χ2n) is 3.00. The number of rotatable bonds is 1. The zero-order valence-electron chi connectivity index (χ0n) is 7.81. The molecule has 0 saturated heterocycles. The fourth-order valence-corrected chi connectivity index (χ4v) is 1.22. The molecule has 0 aliphatic rings. The van der Waals surface area contributed by atoms with Crippen LogP contribution in [-0.2, 0) is 0 Å². The lowest BCUT2D eigenvalue weighted by molar-refractivity contribution is 1.11. The van der Waals surface area contributed by atoms with E-state index in [1.54, 1.807) is 18.5 Å². The first-order valence-corrected chi connectivity index (χ1v) is 4.27. The lowest BCUT2D eigenvalue weighted by atomic mass is 10.2. The predicted octanol–water partition coefficient (Wildman–Crippen LogP) is 1.43. The molecule has 2 heterocycles. The van der Waals surface area contributed by atoms with E-state index >= 15 is 0 Å². The fraction of sp³-hybridized carbons (Fsp3) is 0.100. The lowest BCUT2D eigenvalue weighted by Crippen LogP contribution is -1.97. The highest BCUT2D eigenvalue weighted by atomic mass is 14.9. The van der Waals surface area contributed by atoms with Crippen molar-refractivity contribution in [3.05, 3.63) is 36.3 Å². The van der Waals surface area contributed by atoms with E-state index in [0.717, 1.165) is 11.3 Å². The largest absolute Gasteiger partial charge is 0.384 e. The summed E-state index contributed by atoms with van der Waals surface area (Å²) >= 11 is 0. The molecule has 14 heavy (non-hydrogen) atoms. The maximum atomic E-state index is 5.63. The van der Waals surface area contributed by atoms with Gasteiger partial charge in [0.1, 0.15) is 5.82 Å². The molecule has 0 aliphatic carbocycles. The first kappa shape index (κ1) is 8.62. The van der Waals surface area contributed by atoms with Gasteiger partial charge in [-0.15, -0.1) is 0 Å². The summed E-state index contributed by atoms with van der Waals surface area (Å²) in [5.41, 5.74) is 7.36. The van der Waals surface area contributed by atoms with Crippen LogP contribution in [0.5, 0.6) is 0 Å². The Labute approximate surface area is 81.9 Å². The number of nitrogens with two attached hydrogens (primary N) is 1. The van der Waals surface area contributed by atoms with Crippen molar-refractivity contribution < 1.29 is 0 Å². The normalized spacial score (nSPS) is 10.1. The minimum atomic E-state index is 0.483. The summed E-state index contributed by atoms with van der Waals surface area (Å²) in [5, 5.41) is 0. The molecule has 0 fully saturated rings. The molecule has 2 aromatic rings. The van der Waals surface area contributed by atoms with Crippen LogP contribution in [0.25, 0.3) is 11.4 Å². The quantitative estimate of drug-likeness (QED) is 0.731. The van der Waals surface area contributed by atoms with Gasteiger partial charge in [0.25, 0.3) is 0 Å². The number of aromatic nitrogens is 3. The summed E-state index contributed by atoms with van der Waals surface area (Å²) in [6.07, 6.45) is 3.43. The summed E-state index contributed by atoms with van der Waals surface area (Å²) in [6, 6.07) is 5.48. The Hall–Kier alpha value is -1.97. The van der Waals surface area contributed by atoms with Crippen LogP contribution in [0.15, 0.2) is 30.6 Å². The molecule has 0 radical (unpaired) electrons. The minimum Gasteiger partial charge on any atom is -0.384 e. The SMILES string of the molecule is Cc1cc(N)nc(-c2cccnc2)n1. The highest BCUT2D eigenvalue weighted by Crippen LogP contribution is 2.14. The standard InChI is InChI=1S/C10H10N4/c1-7-5-9(11)14-10(13-7)8-3-2-4-12-6-8/h2-6H,1H3,(H2,11,13,14). The molecular formula is C10H10N4. The smallest absolute Gasteiger partial charge is 0.163 e. The average molecular weight is 186 g/mol. The first-order valence-electron chi connectivity index (χ1n) is 4.27. The number of nitrogen functional groups attached to an aromatic ring is 1. The van der Waals surface area contributed by atoms with Crippen LogP contribution in [0.2, 0.25) is 0 Å². The van der Waals surface area contributed by atoms with Crippen molar-refractivity contribution in [1.29, 1.82) is 0 Å². The molecule has 2 aromatic heterocycles. The van der Waals surface area contributed by atoms with Crippen LogP contribution in [0.1, 0.15) is 5.69 Å². The van der Waals surface area contributed by atoms with Gasteiger partial charge in [-0.1, -0.05) is 0 Å². The van der Waals surface area contributed by atoms with E-state index in [0.29, 0.717) is 11.6 Å². The molecule has 0 aliphatic heterocycles. The van der Waals surface area contributed by atoms with Crippen LogP contribution in [0.3, 0.4) is 0 Å². The van der Waals surface area contributed by atoms with Crippen molar-refractivity contribution in [2.24, 2.45) is 0 Å². The van der Waals surface area contributed by atoms with Crippen LogP contribution in [0, 0.1) is 6.92 Å². The number of nitrogens with zero attached hydrogens (tertiary/aromatic N) is 3. The predicted molar refractivity (Wildman–Crippen MR) is 54.4 cm³/mol. The highest BCUT2D eigenvalue weighted by molar-refractivity contribution is 5.55. The molecule has 70 valence electrons. The van der Waals surface area contributed by atoms with Crippen molar-refractivity contribution in [3.63, 3.8) is 0 Å². The molecule has 0 unspecified atom stereocenters. The third kappa shape index (κ3) is 1.69. The molecule has 0 atom stereocenters. The van der Waals surface area contributed by atoms with Crippen molar-refractivity contribution in [3.8, 4) is 11.4 Å². The van der Waals surface area contributed by atoms with E-state index in [1.807, 2.05) is 19.1 Å². The van der Waals surface area contributed by atoms with Gasteiger partial charge in [-0.05, 0) is 19.1 Å². The number of anilines is 1. The van der Waals surface area contributed by atoms with Crippen LogP contribution < -0.4 is 5.73 Å². The third-order valence-corrected chi connectivity index (χ3v) is 1.79. The zero-order chi connectivity index (χ0) is 9.97. The van der Waals surface area contributed by atoms with Crippen molar-refractivity contribution in [2.45, 2.75) is 6.92 Å². The van der Waals surface area contributed by atoms with E-state index in [-0.39, 0.29) is 0 Å². The van der Waals surface area contributed by atoms with Crippen molar-refractivity contribution in [1.82, 2.24) is 15.0 Å². The maximum Gasteiger partial charge on any atom is 0.163 e. The fourth-order valence-electron chi connectivity index (χ4n) is 1.22. The van der Waals surface area contributed by atoms with E-state index in [9.17, 15) is 0 Å². The molecule has 0 spiro atoms. The topological polar surface area (TPSA) is 64.7 Å². The summed E-state index contributed by atoms with van der Waals surface area (Å²) in [7, 11) is 0. The molecule has 0 bridgehead atoms. The van der Waals surface area contributed by atoms with E-state index < -0.39 is 0 Å². The van der Waals surface area contributed by atoms with Gasteiger partial charge < -0.3 is 5.73 Å². The van der Waals surface area contributed by atoms with Gasteiger partial charge >= 0.3 is 0 Å². The van der Waals surface area contributed by atoms with Gasteiger partial charge in [-0.2, -0.15) is 0 Å². The molecular weight excluding hydrogens is 176 g/mol. The number of hydrogen-bond donors (Lipinski definition) is 1. The summed E-state index contributed by atoms with van der Waals surface area (Å²) in [4.78, 5) is 12.4. The Morgan fingerprint density at radius 3 is 2.79 bits per heavy atom. The van der Waals surface area contributed by atoms with Gasteiger partial charge in [0, 0.05) is 29.7 Å². The second kappa shape index (κ2) is 3.41. The Bertz CT molecular complexity index is 419. The Balaban J connectivity index is 2.52. The molecule has 4 nitrogen and oxygen atoms in total. The molecule has 4 heteroatoms. The zero-order valence-corrected chi connectivity index (χ0v) is 7.81.